The van der Waals surface area contributed by atoms with E-state index in [2.05, 4.69) is 21.2 Å². The Balaban J connectivity index is 1.88. The van der Waals surface area contributed by atoms with Crippen molar-refractivity contribution in [2.45, 2.75) is 20.5 Å². The third-order valence-electron chi connectivity index (χ3n) is 3.93. The minimum atomic E-state index is -0.265. The Kier molecular flexibility index (Phi) is 6.23. The smallest absolute Gasteiger partial charge is 0.264 e. The molecule has 1 fully saturated rings. The molecule has 1 aliphatic heterocycles. The first kappa shape index (κ1) is 19.5. The third-order valence-corrected chi connectivity index (χ3v) is 5.34. The van der Waals surface area contributed by atoms with Gasteiger partial charge >= 0.3 is 0 Å². The molecule has 3 rings (SSSR count). The van der Waals surface area contributed by atoms with Gasteiger partial charge in [0, 0.05) is 0 Å². The predicted molar refractivity (Wildman–Crippen MR) is 112 cm³/mol. The Morgan fingerprint density at radius 1 is 1.26 bits per heavy atom. The molecule has 5 nitrogen and oxygen atoms in total. The van der Waals surface area contributed by atoms with Crippen LogP contribution >= 0.6 is 27.7 Å². The van der Waals surface area contributed by atoms with Gasteiger partial charge in [0.1, 0.15) is 6.61 Å². The summed E-state index contributed by atoms with van der Waals surface area (Å²) in [4.78, 5) is 12.3. The largest absolute Gasteiger partial charge is 0.490 e. The van der Waals surface area contributed by atoms with Gasteiger partial charge in [-0.15, -0.1) is 0 Å². The van der Waals surface area contributed by atoms with Crippen LogP contribution < -0.4 is 14.8 Å². The van der Waals surface area contributed by atoms with Crippen molar-refractivity contribution in [1.82, 2.24) is 5.32 Å². The first-order valence-electron chi connectivity index (χ1n) is 8.41. The van der Waals surface area contributed by atoms with Crippen molar-refractivity contribution in [2.24, 2.45) is 0 Å². The number of ether oxygens (including phenoxy) is 2. The molecule has 2 aromatic rings. The summed E-state index contributed by atoms with van der Waals surface area (Å²) in [5.74, 6) is 0.961. The van der Waals surface area contributed by atoms with Gasteiger partial charge in [-0.1, -0.05) is 24.3 Å². The zero-order valence-electron chi connectivity index (χ0n) is 15.0. The second-order valence-corrected chi connectivity index (χ2v) is 7.78. The average Bonchev–Trinajstić information content (AvgIpc) is 2.93. The first-order chi connectivity index (χ1) is 13.0. The van der Waals surface area contributed by atoms with Crippen LogP contribution in [0, 0.1) is 12.3 Å². The zero-order valence-corrected chi connectivity index (χ0v) is 17.4. The zero-order chi connectivity index (χ0) is 19.4. The molecule has 1 saturated heterocycles. The quantitative estimate of drug-likeness (QED) is 0.620. The maximum atomic E-state index is 11.8. The highest BCUT2D eigenvalue weighted by atomic mass is 79.9. The summed E-state index contributed by atoms with van der Waals surface area (Å²) in [6, 6.07) is 11.8. The standard InChI is InChI=1S/C20H19BrN2O3S/c1-3-25-16-9-13(10-17-19(24)23-20(22)27-17)8-15(21)18(16)26-11-14-7-5-4-6-12(14)2/h4-10H,3,11H2,1-2H3,(H2,22,23,24)/b17-10-. The molecule has 0 unspecified atom stereocenters. The highest BCUT2D eigenvalue weighted by Gasteiger charge is 2.22. The molecule has 1 aliphatic rings. The lowest BCUT2D eigenvalue weighted by atomic mass is 10.1. The van der Waals surface area contributed by atoms with Gasteiger partial charge in [-0.3, -0.25) is 10.2 Å². The molecule has 140 valence electrons. The number of thioether (sulfide) groups is 1. The Morgan fingerprint density at radius 2 is 2.04 bits per heavy atom. The van der Waals surface area contributed by atoms with E-state index < -0.39 is 0 Å². The molecule has 0 aromatic heterocycles. The van der Waals surface area contributed by atoms with Crippen LogP contribution in [0.4, 0.5) is 0 Å². The fourth-order valence-electron chi connectivity index (χ4n) is 2.59. The van der Waals surface area contributed by atoms with Gasteiger partial charge in [0.15, 0.2) is 16.7 Å². The number of rotatable bonds is 6. The highest BCUT2D eigenvalue weighted by molar-refractivity contribution is 9.10. The van der Waals surface area contributed by atoms with E-state index in [1.54, 1.807) is 6.08 Å². The van der Waals surface area contributed by atoms with E-state index in [1.807, 2.05) is 50.2 Å². The molecule has 0 bridgehead atoms. The summed E-state index contributed by atoms with van der Waals surface area (Å²) in [7, 11) is 0. The Labute approximate surface area is 170 Å². The average molecular weight is 447 g/mol. The van der Waals surface area contributed by atoms with Crippen LogP contribution in [0.3, 0.4) is 0 Å². The first-order valence-corrected chi connectivity index (χ1v) is 10.0. The second-order valence-electron chi connectivity index (χ2n) is 5.87. The van der Waals surface area contributed by atoms with Gasteiger partial charge in [-0.25, -0.2) is 0 Å². The SMILES string of the molecule is CCOc1cc(/C=C2\SC(=N)NC2=O)cc(Br)c1OCc1ccccc1C. The molecule has 0 spiro atoms. The molecular weight excluding hydrogens is 428 g/mol. The molecular formula is C20H19BrN2O3S. The van der Waals surface area contributed by atoms with Crippen LogP contribution in [0.5, 0.6) is 11.5 Å². The lowest BCUT2D eigenvalue weighted by Gasteiger charge is -2.15. The van der Waals surface area contributed by atoms with E-state index in [4.69, 9.17) is 14.9 Å². The van der Waals surface area contributed by atoms with E-state index in [9.17, 15) is 4.79 Å². The normalized spacial score (nSPS) is 15.1. The van der Waals surface area contributed by atoms with Gasteiger partial charge in [0.05, 0.1) is 16.0 Å². The van der Waals surface area contributed by atoms with Crippen LogP contribution in [0.25, 0.3) is 6.08 Å². The maximum absolute atomic E-state index is 11.8. The van der Waals surface area contributed by atoms with Crippen molar-refractivity contribution in [3.8, 4) is 11.5 Å². The highest BCUT2D eigenvalue weighted by Crippen LogP contribution is 2.39. The van der Waals surface area contributed by atoms with Crippen molar-refractivity contribution < 1.29 is 14.3 Å². The van der Waals surface area contributed by atoms with Gasteiger partial charge in [0.25, 0.3) is 5.91 Å². The van der Waals surface area contributed by atoms with Crippen LogP contribution in [0.15, 0.2) is 45.8 Å². The summed E-state index contributed by atoms with van der Waals surface area (Å²) in [5, 5.41) is 10.2. The van der Waals surface area contributed by atoms with E-state index in [0.29, 0.717) is 29.6 Å². The molecule has 27 heavy (non-hydrogen) atoms. The van der Waals surface area contributed by atoms with Crippen molar-refractivity contribution in [2.75, 3.05) is 6.61 Å². The van der Waals surface area contributed by atoms with E-state index in [1.165, 1.54) is 5.56 Å². The van der Waals surface area contributed by atoms with Crippen LogP contribution in [0.2, 0.25) is 0 Å². The number of amides is 1. The van der Waals surface area contributed by atoms with Gasteiger partial charge in [0.2, 0.25) is 0 Å². The Hall–Kier alpha value is -2.25. The number of halogens is 1. The molecule has 2 aromatic carbocycles. The fourth-order valence-corrected chi connectivity index (χ4v) is 3.87. The minimum Gasteiger partial charge on any atom is -0.490 e. The summed E-state index contributed by atoms with van der Waals surface area (Å²) in [6.45, 7) is 4.88. The molecule has 0 saturated carbocycles. The summed E-state index contributed by atoms with van der Waals surface area (Å²) >= 11 is 4.66. The van der Waals surface area contributed by atoms with Gasteiger partial charge < -0.3 is 14.8 Å². The molecule has 0 radical (unpaired) electrons. The maximum Gasteiger partial charge on any atom is 0.264 e. The summed E-state index contributed by atoms with van der Waals surface area (Å²) in [5.41, 5.74) is 3.07. The monoisotopic (exact) mass is 446 g/mol. The summed E-state index contributed by atoms with van der Waals surface area (Å²) in [6.07, 6.45) is 1.74. The van der Waals surface area contributed by atoms with E-state index >= 15 is 0 Å². The van der Waals surface area contributed by atoms with Crippen LogP contribution in [-0.4, -0.2) is 17.7 Å². The topological polar surface area (TPSA) is 71.4 Å². The fraction of sp³-hybridized carbons (Fsp3) is 0.200. The van der Waals surface area contributed by atoms with E-state index in [-0.39, 0.29) is 11.1 Å². The summed E-state index contributed by atoms with van der Waals surface area (Å²) < 4.78 is 12.5. The van der Waals surface area contributed by atoms with E-state index in [0.717, 1.165) is 27.4 Å². The Bertz CT molecular complexity index is 927. The van der Waals surface area contributed by atoms with Crippen molar-refractivity contribution in [3.05, 3.63) is 62.5 Å². The van der Waals surface area contributed by atoms with Crippen LogP contribution in [0.1, 0.15) is 23.6 Å². The number of aryl methyl sites for hydroxylation is 1. The number of carbonyl (C=O) groups excluding carboxylic acids is 1. The molecule has 7 heteroatoms. The van der Waals surface area contributed by atoms with Gasteiger partial charge in [-0.2, -0.15) is 0 Å². The number of hydrogen-bond donors (Lipinski definition) is 2. The number of carbonyl (C=O) groups is 1. The number of amidine groups is 1. The third kappa shape index (κ3) is 4.73. The van der Waals surface area contributed by atoms with Crippen molar-refractivity contribution >= 4 is 44.8 Å². The number of hydrogen-bond acceptors (Lipinski definition) is 5. The molecule has 1 heterocycles. The lowest BCUT2D eigenvalue weighted by Crippen LogP contribution is -2.18. The minimum absolute atomic E-state index is 0.133. The second kappa shape index (κ2) is 8.63. The molecule has 1 amide bonds. The van der Waals surface area contributed by atoms with Crippen molar-refractivity contribution in [1.29, 1.82) is 5.41 Å². The molecule has 0 aliphatic carbocycles. The van der Waals surface area contributed by atoms with Crippen molar-refractivity contribution in [3.63, 3.8) is 0 Å². The van der Waals surface area contributed by atoms with Gasteiger partial charge in [-0.05, 0) is 76.4 Å². The molecule has 0 atom stereocenters. The van der Waals surface area contributed by atoms with Crippen LogP contribution in [-0.2, 0) is 11.4 Å². The number of benzene rings is 2. The molecule has 2 N–H and O–H groups in total. The predicted octanol–water partition coefficient (Wildman–Crippen LogP) is 4.87. The Morgan fingerprint density at radius 3 is 2.70 bits per heavy atom. The number of nitrogens with one attached hydrogen (secondary N) is 2. The lowest BCUT2D eigenvalue weighted by molar-refractivity contribution is -0.115.